The minimum absolute atomic E-state index is 0.156. The normalized spacial score (nSPS) is 15.7. The number of carbonyl (C=O) groups is 1. The molecule has 0 fully saturated rings. The van der Waals surface area contributed by atoms with Crippen LogP contribution in [0, 0.1) is 0 Å². The Labute approximate surface area is 102 Å². The zero-order valence-electron chi connectivity index (χ0n) is 8.45. The number of carbonyl (C=O) groups excluding carboxylic acids is 1. The molecule has 6 heteroatoms. The first kappa shape index (κ1) is 12.2. The number of hydrogen-bond acceptors (Lipinski definition) is 2. The van der Waals surface area contributed by atoms with Crippen LogP contribution in [0.2, 0.25) is 0 Å². The zero-order valence-corrected chi connectivity index (χ0v) is 10.2. The number of ether oxygens (including phenoxy) is 1. The van der Waals surface area contributed by atoms with E-state index in [1.54, 1.807) is 0 Å². The second-order valence-electron chi connectivity index (χ2n) is 3.34. The van der Waals surface area contributed by atoms with Crippen LogP contribution < -0.4 is 4.46 Å². The third kappa shape index (κ3) is 3.11. The molecule has 90 valence electrons. The molecule has 0 N–H and O–H groups in total. The predicted octanol–water partition coefficient (Wildman–Crippen LogP) is 1.48. The fourth-order valence-corrected chi connectivity index (χ4v) is 3.06. The average Bonchev–Trinajstić information content (AvgIpc) is 2.63. The molecular formula is C11H7F3O2Se. The molecule has 1 heterocycles. The van der Waals surface area contributed by atoms with Crippen molar-refractivity contribution in [3.63, 3.8) is 0 Å². The summed E-state index contributed by atoms with van der Waals surface area (Å²) in [6.45, 7) is 0.250. The van der Waals surface area contributed by atoms with Crippen molar-refractivity contribution < 1.29 is 22.7 Å². The molecule has 0 unspecified atom stereocenters. The molecule has 0 radical (unpaired) electrons. The van der Waals surface area contributed by atoms with Crippen molar-refractivity contribution in [2.24, 2.45) is 0 Å². The molecule has 0 saturated heterocycles. The van der Waals surface area contributed by atoms with Crippen LogP contribution in [0.15, 0.2) is 34.8 Å². The van der Waals surface area contributed by atoms with Crippen molar-refractivity contribution >= 4 is 25.4 Å². The summed E-state index contributed by atoms with van der Waals surface area (Å²) in [5, 5.41) is 0. The Morgan fingerprint density at radius 3 is 2.29 bits per heavy atom. The third-order valence-corrected chi connectivity index (χ3v) is 4.18. The Morgan fingerprint density at radius 2 is 1.82 bits per heavy atom. The van der Waals surface area contributed by atoms with Crippen LogP contribution >= 0.6 is 0 Å². The first-order valence-electron chi connectivity index (χ1n) is 4.67. The van der Waals surface area contributed by atoms with Gasteiger partial charge in [-0.25, -0.2) is 0 Å². The summed E-state index contributed by atoms with van der Waals surface area (Å²) >= 11 is -0.156. The Bertz CT molecular complexity index is 463. The van der Waals surface area contributed by atoms with Gasteiger partial charge in [0.15, 0.2) is 0 Å². The van der Waals surface area contributed by atoms with Gasteiger partial charge in [0, 0.05) is 0 Å². The fraction of sp³-hybridized carbons (Fsp3) is 0.182. The number of esters is 1. The van der Waals surface area contributed by atoms with Gasteiger partial charge in [-0.2, -0.15) is 0 Å². The summed E-state index contributed by atoms with van der Waals surface area (Å²) in [5.74, 6) is -0.381. The third-order valence-electron chi connectivity index (χ3n) is 2.07. The van der Waals surface area contributed by atoms with Crippen molar-refractivity contribution in [2.45, 2.75) is 6.18 Å². The average molecular weight is 307 g/mol. The van der Waals surface area contributed by atoms with Gasteiger partial charge in [-0.05, 0) is 0 Å². The summed E-state index contributed by atoms with van der Waals surface area (Å²) in [7, 11) is 0. The van der Waals surface area contributed by atoms with Crippen LogP contribution in [-0.2, 0) is 15.7 Å². The molecule has 17 heavy (non-hydrogen) atoms. The molecule has 0 aromatic heterocycles. The minimum atomic E-state index is -4.31. The van der Waals surface area contributed by atoms with E-state index in [1.807, 2.05) is 0 Å². The maximum atomic E-state index is 12.3. The van der Waals surface area contributed by atoms with E-state index in [0.717, 1.165) is 21.1 Å². The second kappa shape index (κ2) is 4.55. The number of rotatable bonds is 2. The van der Waals surface area contributed by atoms with Crippen LogP contribution in [0.4, 0.5) is 13.2 Å². The van der Waals surface area contributed by atoms with Crippen LogP contribution in [0.3, 0.4) is 0 Å². The summed E-state index contributed by atoms with van der Waals surface area (Å²) in [6, 6.07) is 4.98. The molecule has 2 nitrogen and oxygen atoms in total. The Balaban J connectivity index is 2.09. The van der Waals surface area contributed by atoms with Gasteiger partial charge in [0.2, 0.25) is 0 Å². The van der Waals surface area contributed by atoms with E-state index in [-0.39, 0.29) is 27.5 Å². The van der Waals surface area contributed by atoms with Gasteiger partial charge in [-0.3, -0.25) is 0 Å². The van der Waals surface area contributed by atoms with Gasteiger partial charge in [0.05, 0.1) is 0 Å². The number of alkyl halides is 3. The van der Waals surface area contributed by atoms with Gasteiger partial charge in [0.25, 0.3) is 0 Å². The van der Waals surface area contributed by atoms with Crippen molar-refractivity contribution in [2.75, 3.05) is 6.61 Å². The molecule has 0 aliphatic carbocycles. The van der Waals surface area contributed by atoms with Gasteiger partial charge < -0.3 is 0 Å². The van der Waals surface area contributed by atoms with E-state index >= 15 is 0 Å². The van der Waals surface area contributed by atoms with Gasteiger partial charge in [-0.15, -0.1) is 0 Å². The summed E-state index contributed by atoms with van der Waals surface area (Å²) < 4.78 is 43.3. The molecule has 0 bridgehead atoms. The second-order valence-corrected chi connectivity index (χ2v) is 5.86. The molecular weight excluding hydrogens is 300 g/mol. The monoisotopic (exact) mass is 308 g/mol. The topological polar surface area (TPSA) is 26.3 Å². The van der Waals surface area contributed by atoms with Crippen LogP contribution in [-0.4, -0.2) is 27.5 Å². The Hall–Kier alpha value is -1.26. The molecule has 0 saturated carbocycles. The van der Waals surface area contributed by atoms with E-state index in [9.17, 15) is 18.0 Å². The van der Waals surface area contributed by atoms with E-state index in [4.69, 9.17) is 4.74 Å². The summed E-state index contributed by atoms with van der Waals surface area (Å²) in [4.78, 5) is 10.8. The summed E-state index contributed by atoms with van der Waals surface area (Å²) in [5.41, 5.74) is -0.662. The molecule has 0 atom stereocenters. The quantitative estimate of drug-likeness (QED) is 0.611. The number of halogens is 3. The number of cyclic esters (lactones) is 1. The number of hydrogen-bond donors (Lipinski definition) is 0. The molecule has 1 aromatic carbocycles. The van der Waals surface area contributed by atoms with Crippen molar-refractivity contribution in [1.82, 2.24) is 0 Å². The fourth-order valence-electron chi connectivity index (χ4n) is 1.28. The standard InChI is InChI=1S/C11H7F3O2Se/c12-11(13,14)7-1-3-8(4-2-7)17-9-5-10(15)16-6-9/h1-5H,6H2. The molecule has 1 aliphatic rings. The van der Waals surface area contributed by atoms with E-state index < -0.39 is 11.7 Å². The van der Waals surface area contributed by atoms with Gasteiger partial charge in [0.1, 0.15) is 0 Å². The molecule has 2 rings (SSSR count). The van der Waals surface area contributed by atoms with Crippen molar-refractivity contribution in [3.05, 3.63) is 40.4 Å². The van der Waals surface area contributed by atoms with E-state index in [0.29, 0.717) is 0 Å². The van der Waals surface area contributed by atoms with Crippen LogP contribution in [0.1, 0.15) is 5.56 Å². The van der Waals surface area contributed by atoms with Crippen molar-refractivity contribution in [3.8, 4) is 0 Å². The SMILES string of the molecule is O=C1C=C([Se]c2ccc(C(F)(F)F)cc2)CO1. The van der Waals surface area contributed by atoms with Crippen LogP contribution in [0.25, 0.3) is 0 Å². The Kier molecular flexibility index (Phi) is 3.26. The van der Waals surface area contributed by atoms with E-state index in [2.05, 4.69) is 0 Å². The molecule has 1 aliphatic heterocycles. The van der Waals surface area contributed by atoms with Gasteiger partial charge >= 0.3 is 101 Å². The maximum absolute atomic E-state index is 12.3. The van der Waals surface area contributed by atoms with Crippen LogP contribution in [0.5, 0.6) is 0 Å². The number of benzene rings is 1. The van der Waals surface area contributed by atoms with Gasteiger partial charge in [-0.1, -0.05) is 0 Å². The van der Waals surface area contributed by atoms with Crippen molar-refractivity contribution in [1.29, 1.82) is 0 Å². The summed E-state index contributed by atoms with van der Waals surface area (Å²) in [6.07, 6.45) is -2.91. The Morgan fingerprint density at radius 1 is 1.18 bits per heavy atom. The molecule has 0 amide bonds. The first-order chi connectivity index (χ1) is 7.95. The zero-order chi connectivity index (χ0) is 12.5. The first-order valence-corrected chi connectivity index (χ1v) is 6.39. The molecule has 1 aromatic rings. The van der Waals surface area contributed by atoms with E-state index in [1.165, 1.54) is 18.2 Å². The molecule has 0 spiro atoms. The predicted molar refractivity (Wildman–Crippen MR) is 55.9 cm³/mol.